The average molecular weight is 476 g/mol. The second-order valence-electron chi connectivity index (χ2n) is 8.53. The highest BCUT2D eigenvalue weighted by molar-refractivity contribution is 7.99. The van der Waals surface area contributed by atoms with Crippen LogP contribution in [0.25, 0.3) is 21.0 Å². The number of allylic oxidation sites excluding steroid dienone is 1. The Morgan fingerprint density at radius 3 is 2.94 bits per heavy atom. The molecule has 1 aliphatic rings. The Bertz CT molecular complexity index is 1440. The summed E-state index contributed by atoms with van der Waals surface area (Å²) in [7, 11) is 0. The third-order valence-corrected chi connectivity index (χ3v) is 8.18. The Balaban J connectivity index is 1.39. The lowest BCUT2D eigenvalue weighted by molar-refractivity contribution is -0.113. The predicted molar refractivity (Wildman–Crippen MR) is 139 cm³/mol. The number of benzene rings is 2. The Kier molecular flexibility index (Phi) is 6.08. The van der Waals surface area contributed by atoms with Crippen LogP contribution in [-0.4, -0.2) is 21.2 Å². The summed E-state index contributed by atoms with van der Waals surface area (Å²) >= 11 is 2.92. The number of aryl methyl sites for hydroxylation is 1. The summed E-state index contributed by atoms with van der Waals surface area (Å²) in [5, 5.41) is 6.48. The molecule has 33 heavy (non-hydrogen) atoms. The molecule has 1 atom stereocenters. The number of nitrogens with one attached hydrogen (secondary N) is 1. The van der Waals surface area contributed by atoms with E-state index in [-0.39, 0.29) is 17.2 Å². The van der Waals surface area contributed by atoms with Crippen molar-refractivity contribution in [2.24, 2.45) is 5.92 Å². The van der Waals surface area contributed by atoms with Gasteiger partial charge >= 0.3 is 0 Å². The number of aromatic nitrogens is 2. The zero-order valence-corrected chi connectivity index (χ0v) is 20.1. The van der Waals surface area contributed by atoms with Crippen LogP contribution in [-0.2, 0) is 24.2 Å². The first-order valence-electron chi connectivity index (χ1n) is 11.1. The molecule has 2 heterocycles. The number of hydrogen-bond donors (Lipinski definition) is 1. The minimum atomic E-state index is -0.130. The molecule has 0 radical (unpaired) electrons. The number of thioether (sulfide) groups is 1. The van der Waals surface area contributed by atoms with Gasteiger partial charge in [-0.15, -0.1) is 17.9 Å². The summed E-state index contributed by atoms with van der Waals surface area (Å²) < 4.78 is 1.65. The van der Waals surface area contributed by atoms with Crippen LogP contribution in [0, 0.1) is 5.92 Å². The molecule has 168 valence electrons. The fraction of sp³-hybridized carbons (Fsp3) is 0.269. The molecular formula is C26H25N3O2S2. The molecule has 0 saturated heterocycles. The lowest BCUT2D eigenvalue weighted by Gasteiger charge is -2.17. The first-order chi connectivity index (χ1) is 16.0. The number of thiophene rings is 1. The molecule has 0 fully saturated rings. The summed E-state index contributed by atoms with van der Waals surface area (Å²) in [5.74, 6) is 0.673. The molecular weight excluding hydrogens is 450 g/mol. The lowest BCUT2D eigenvalue weighted by Crippen LogP contribution is -2.24. The van der Waals surface area contributed by atoms with Crippen molar-refractivity contribution in [3.8, 4) is 0 Å². The van der Waals surface area contributed by atoms with Crippen molar-refractivity contribution in [1.82, 2.24) is 9.55 Å². The normalized spacial score (nSPS) is 15.5. The van der Waals surface area contributed by atoms with Gasteiger partial charge in [0, 0.05) is 17.1 Å². The Hall–Kier alpha value is -2.90. The van der Waals surface area contributed by atoms with Crippen molar-refractivity contribution >= 4 is 55.7 Å². The van der Waals surface area contributed by atoms with Crippen LogP contribution in [0.4, 0.5) is 5.69 Å². The smallest absolute Gasteiger partial charge is 0.263 e. The molecule has 2 aromatic heterocycles. The Morgan fingerprint density at radius 1 is 1.30 bits per heavy atom. The van der Waals surface area contributed by atoms with Crippen molar-refractivity contribution in [1.29, 1.82) is 0 Å². The van der Waals surface area contributed by atoms with Crippen LogP contribution in [0.2, 0.25) is 0 Å². The van der Waals surface area contributed by atoms with E-state index in [0.717, 1.165) is 45.9 Å². The van der Waals surface area contributed by atoms with Gasteiger partial charge in [0.25, 0.3) is 5.56 Å². The molecule has 2 aromatic carbocycles. The zero-order chi connectivity index (χ0) is 22.9. The van der Waals surface area contributed by atoms with Crippen molar-refractivity contribution in [3.63, 3.8) is 0 Å². The maximum absolute atomic E-state index is 13.4. The zero-order valence-electron chi connectivity index (χ0n) is 18.5. The molecule has 1 amide bonds. The van der Waals surface area contributed by atoms with E-state index >= 15 is 0 Å². The summed E-state index contributed by atoms with van der Waals surface area (Å²) in [4.78, 5) is 32.9. The number of amides is 1. The molecule has 1 unspecified atom stereocenters. The lowest BCUT2D eigenvalue weighted by atomic mass is 9.89. The van der Waals surface area contributed by atoms with E-state index in [1.165, 1.54) is 22.2 Å². The summed E-state index contributed by atoms with van der Waals surface area (Å²) in [6, 6.07) is 13.9. The number of hydrogen-bond acceptors (Lipinski definition) is 5. The number of carbonyl (C=O) groups excluding carboxylic acids is 1. The Labute approximate surface area is 200 Å². The summed E-state index contributed by atoms with van der Waals surface area (Å²) in [6.45, 7) is 6.43. The van der Waals surface area contributed by atoms with Gasteiger partial charge in [0.2, 0.25) is 5.91 Å². The highest BCUT2D eigenvalue weighted by Gasteiger charge is 2.24. The maximum atomic E-state index is 13.4. The quantitative estimate of drug-likeness (QED) is 0.222. The van der Waals surface area contributed by atoms with Gasteiger partial charge in [-0.05, 0) is 53.6 Å². The largest absolute Gasteiger partial charge is 0.325 e. The van der Waals surface area contributed by atoms with E-state index in [0.29, 0.717) is 17.6 Å². The monoisotopic (exact) mass is 475 g/mol. The number of carbonyl (C=O) groups is 1. The van der Waals surface area contributed by atoms with Gasteiger partial charge in [0.15, 0.2) is 5.16 Å². The number of nitrogens with zero attached hydrogens (tertiary/aromatic N) is 2. The first kappa shape index (κ1) is 21.9. The van der Waals surface area contributed by atoms with Crippen molar-refractivity contribution in [2.45, 2.75) is 37.9 Å². The van der Waals surface area contributed by atoms with Crippen molar-refractivity contribution in [3.05, 3.63) is 75.9 Å². The molecule has 5 rings (SSSR count). The predicted octanol–water partition coefficient (Wildman–Crippen LogP) is 5.65. The van der Waals surface area contributed by atoms with Crippen molar-refractivity contribution in [2.75, 3.05) is 11.1 Å². The molecule has 0 saturated carbocycles. The number of fused-ring (bicyclic) bond motifs is 4. The van der Waals surface area contributed by atoms with Crippen LogP contribution >= 0.6 is 23.1 Å². The SMILES string of the molecule is C=CCn1c(SCC(=O)Nc2ccc3ccccc3c2)nc2sc3c(c2c1=O)CCC(C)C3. The molecule has 0 spiro atoms. The fourth-order valence-electron chi connectivity index (χ4n) is 4.40. The van der Waals surface area contributed by atoms with E-state index in [9.17, 15) is 9.59 Å². The van der Waals surface area contributed by atoms with Crippen molar-refractivity contribution < 1.29 is 4.79 Å². The van der Waals surface area contributed by atoms with Crippen LogP contribution in [0.5, 0.6) is 0 Å². The van der Waals surface area contributed by atoms with Crippen LogP contribution in [0.1, 0.15) is 23.8 Å². The average Bonchev–Trinajstić information content (AvgIpc) is 3.17. The molecule has 4 aromatic rings. The van der Waals surface area contributed by atoms with Gasteiger partial charge in [-0.25, -0.2) is 4.98 Å². The topological polar surface area (TPSA) is 64.0 Å². The van der Waals surface area contributed by atoms with Gasteiger partial charge in [-0.3, -0.25) is 14.2 Å². The minimum Gasteiger partial charge on any atom is -0.325 e. The van der Waals surface area contributed by atoms with Crippen LogP contribution < -0.4 is 10.9 Å². The molecule has 1 N–H and O–H groups in total. The van der Waals surface area contributed by atoms with E-state index in [2.05, 4.69) is 18.8 Å². The van der Waals surface area contributed by atoms with E-state index in [1.807, 2.05) is 42.5 Å². The third-order valence-electron chi connectivity index (χ3n) is 6.06. The summed E-state index contributed by atoms with van der Waals surface area (Å²) in [5.41, 5.74) is 1.91. The minimum absolute atomic E-state index is 0.0237. The highest BCUT2D eigenvalue weighted by atomic mass is 32.2. The van der Waals surface area contributed by atoms with E-state index in [4.69, 9.17) is 4.98 Å². The van der Waals surface area contributed by atoms with Gasteiger partial charge in [0.05, 0.1) is 11.1 Å². The number of rotatable bonds is 6. The fourth-order valence-corrected chi connectivity index (χ4v) is 6.63. The standard InChI is InChI=1S/C26H25N3O2S2/c1-3-12-29-25(31)23-20-11-8-16(2)13-21(20)33-24(23)28-26(29)32-15-22(30)27-19-10-9-17-6-4-5-7-18(17)14-19/h3-7,9-10,14,16H,1,8,11-13,15H2,2H3,(H,27,30). The molecule has 1 aliphatic carbocycles. The first-order valence-corrected chi connectivity index (χ1v) is 12.9. The highest BCUT2D eigenvalue weighted by Crippen LogP contribution is 2.36. The van der Waals surface area contributed by atoms with Gasteiger partial charge in [0.1, 0.15) is 4.83 Å². The van der Waals surface area contributed by atoms with Crippen LogP contribution in [0.3, 0.4) is 0 Å². The number of anilines is 1. The van der Waals surface area contributed by atoms with Gasteiger partial charge < -0.3 is 5.32 Å². The second kappa shape index (κ2) is 9.15. The molecule has 7 heteroatoms. The van der Waals surface area contributed by atoms with E-state index in [1.54, 1.807) is 22.0 Å². The second-order valence-corrected chi connectivity index (χ2v) is 10.6. The molecule has 0 aliphatic heterocycles. The summed E-state index contributed by atoms with van der Waals surface area (Å²) in [6.07, 6.45) is 4.75. The van der Waals surface area contributed by atoms with Crippen LogP contribution in [0.15, 0.2) is 65.1 Å². The van der Waals surface area contributed by atoms with Gasteiger partial charge in [-0.2, -0.15) is 0 Å². The maximum Gasteiger partial charge on any atom is 0.263 e. The van der Waals surface area contributed by atoms with Gasteiger partial charge in [-0.1, -0.05) is 55.1 Å². The Morgan fingerprint density at radius 2 is 2.12 bits per heavy atom. The molecule has 0 bridgehead atoms. The molecule has 5 nitrogen and oxygen atoms in total. The van der Waals surface area contributed by atoms with E-state index < -0.39 is 0 Å². The third kappa shape index (κ3) is 4.35.